The summed E-state index contributed by atoms with van der Waals surface area (Å²) in [5.74, 6) is -3.96. The molecule has 1 aromatic heterocycles. The van der Waals surface area contributed by atoms with E-state index in [-0.39, 0.29) is 28.0 Å². The highest BCUT2D eigenvalue weighted by molar-refractivity contribution is 6.31. The third-order valence-corrected chi connectivity index (χ3v) is 4.65. The Balaban J connectivity index is 1.94. The Labute approximate surface area is 163 Å². The molecule has 0 saturated carbocycles. The fourth-order valence-corrected chi connectivity index (χ4v) is 2.96. The number of ether oxygens (including phenoxy) is 1. The monoisotopic (exact) mass is 405 g/mol. The number of nitrogens with zero attached hydrogens (tertiary/aromatic N) is 3. The van der Waals surface area contributed by atoms with Crippen LogP contribution in [-0.4, -0.2) is 29.4 Å². The molecule has 2 aromatic rings. The van der Waals surface area contributed by atoms with Crippen molar-refractivity contribution < 1.29 is 18.3 Å². The van der Waals surface area contributed by atoms with E-state index < -0.39 is 24.0 Å². The summed E-state index contributed by atoms with van der Waals surface area (Å²) in [5, 5.41) is 11.4. The summed E-state index contributed by atoms with van der Waals surface area (Å²) in [4.78, 5) is 20.0. The Morgan fingerprint density at radius 2 is 2.14 bits per heavy atom. The Morgan fingerprint density at radius 3 is 2.79 bits per heavy atom. The number of aromatic nitrogens is 1. The molecule has 3 rings (SSSR count). The molecule has 1 aliphatic rings. The predicted octanol–water partition coefficient (Wildman–Crippen LogP) is 3.05. The van der Waals surface area contributed by atoms with Gasteiger partial charge in [0.25, 0.3) is 11.9 Å². The first kappa shape index (κ1) is 19.5. The van der Waals surface area contributed by atoms with Gasteiger partial charge >= 0.3 is 5.92 Å². The van der Waals surface area contributed by atoms with Crippen LogP contribution in [0.4, 0.5) is 14.5 Å². The van der Waals surface area contributed by atoms with Gasteiger partial charge in [0.15, 0.2) is 12.1 Å². The molecular weight excluding hydrogens is 392 g/mol. The minimum Gasteiger partial charge on any atom is -0.459 e. The van der Waals surface area contributed by atoms with E-state index in [2.05, 4.69) is 20.0 Å². The van der Waals surface area contributed by atoms with E-state index in [0.717, 1.165) is 0 Å². The van der Waals surface area contributed by atoms with Crippen LogP contribution in [-0.2, 0) is 10.3 Å². The van der Waals surface area contributed by atoms with Gasteiger partial charge in [0.1, 0.15) is 11.8 Å². The number of amides is 1. The lowest BCUT2D eigenvalue weighted by Crippen LogP contribution is -2.51. The van der Waals surface area contributed by atoms with Gasteiger partial charge < -0.3 is 15.8 Å². The normalized spacial score (nSPS) is 20.5. The van der Waals surface area contributed by atoms with E-state index >= 15 is 0 Å². The van der Waals surface area contributed by atoms with Crippen molar-refractivity contribution in [3.63, 3.8) is 0 Å². The fourth-order valence-electron chi connectivity index (χ4n) is 2.66. The summed E-state index contributed by atoms with van der Waals surface area (Å²) < 4.78 is 33.8. The smallest absolute Gasteiger partial charge is 0.310 e. The number of carbonyl (C=O) groups excluding carboxylic acids is 1. The minimum absolute atomic E-state index is 0.0176. The van der Waals surface area contributed by atoms with E-state index in [1.165, 1.54) is 43.5 Å². The van der Waals surface area contributed by atoms with Crippen LogP contribution in [0.15, 0.2) is 41.5 Å². The highest BCUT2D eigenvalue weighted by Crippen LogP contribution is 2.46. The first-order chi connectivity index (χ1) is 13.2. The number of nitriles is 1. The third kappa shape index (κ3) is 3.46. The number of alkyl halides is 2. The average molecular weight is 406 g/mol. The summed E-state index contributed by atoms with van der Waals surface area (Å²) in [6.45, 7) is 0.248. The van der Waals surface area contributed by atoms with Crippen molar-refractivity contribution in [2.75, 3.05) is 11.9 Å². The Bertz CT molecular complexity index is 1000. The molecule has 1 aliphatic heterocycles. The highest BCUT2D eigenvalue weighted by Gasteiger charge is 2.56. The molecule has 0 bridgehead atoms. The zero-order chi connectivity index (χ0) is 20.5. The number of aliphatic imine (C=N–C) groups is 1. The van der Waals surface area contributed by atoms with Crippen molar-refractivity contribution in [3.8, 4) is 6.07 Å². The lowest BCUT2D eigenvalue weighted by atomic mass is 9.85. The lowest BCUT2D eigenvalue weighted by molar-refractivity contribution is -0.116. The standard InChI is InChI=1S/C18H14ClF2N5O2/c1-17(18(20,21)9-28-16(23)26-17)12-6-11(3-4-13(12)19)25-15(27)14-5-2-10(7-22)8-24-14/h2-6,8H,9H2,1H3,(H2,23,26)(H,25,27)/t17-/m1/s1. The van der Waals surface area contributed by atoms with Gasteiger partial charge in [-0.2, -0.15) is 14.0 Å². The SMILES string of the molecule is C[C@]1(c2cc(NC(=O)c3ccc(C#N)cn3)ccc2Cl)N=C(N)OCC1(F)F. The Morgan fingerprint density at radius 1 is 1.39 bits per heavy atom. The number of nitrogens with one attached hydrogen (secondary N) is 1. The van der Waals surface area contributed by atoms with E-state index in [0.29, 0.717) is 5.56 Å². The minimum atomic E-state index is -3.38. The molecule has 0 fully saturated rings. The van der Waals surface area contributed by atoms with Crippen molar-refractivity contribution in [3.05, 3.63) is 58.4 Å². The number of pyridine rings is 1. The van der Waals surface area contributed by atoms with E-state index in [4.69, 9.17) is 22.6 Å². The van der Waals surface area contributed by atoms with Gasteiger partial charge in [-0.1, -0.05) is 11.6 Å². The van der Waals surface area contributed by atoms with Crippen molar-refractivity contribution in [2.45, 2.75) is 18.4 Å². The van der Waals surface area contributed by atoms with Crippen molar-refractivity contribution in [2.24, 2.45) is 10.7 Å². The van der Waals surface area contributed by atoms with Crippen molar-refractivity contribution >= 4 is 29.2 Å². The summed E-state index contributed by atoms with van der Waals surface area (Å²) in [5.41, 5.74) is 3.97. The van der Waals surface area contributed by atoms with Gasteiger partial charge in [0.2, 0.25) is 0 Å². The van der Waals surface area contributed by atoms with Crippen LogP contribution in [0.1, 0.15) is 28.5 Å². The number of amidine groups is 1. The van der Waals surface area contributed by atoms with Gasteiger partial charge in [-0.15, -0.1) is 0 Å². The Hall–Kier alpha value is -3.25. The molecule has 1 amide bonds. The van der Waals surface area contributed by atoms with Crippen LogP contribution in [0.3, 0.4) is 0 Å². The fraction of sp³-hybridized carbons (Fsp3) is 0.222. The van der Waals surface area contributed by atoms with Crippen LogP contribution in [0.2, 0.25) is 5.02 Å². The van der Waals surface area contributed by atoms with E-state index in [9.17, 15) is 13.6 Å². The first-order valence-corrected chi connectivity index (χ1v) is 8.37. The number of hydrogen-bond donors (Lipinski definition) is 2. The third-order valence-electron chi connectivity index (χ3n) is 4.32. The number of hydrogen-bond acceptors (Lipinski definition) is 6. The second-order valence-electron chi connectivity index (χ2n) is 6.21. The molecule has 10 heteroatoms. The summed E-state index contributed by atoms with van der Waals surface area (Å²) >= 11 is 6.14. The maximum atomic E-state index is 14.6. The number of anilines is 1. The molecule has 0 radical (unpaired) electrons. The second kappa shape index (κ2) is 7.05. The van der Waals surface area contributed by atoms with Crippen LogP contribution < -0.4 is 11.1 Å². The Kier molecular flexibility index (Phi) is 4.91. The number of carbonyl (C=O) groups is 1. The largest absolute Gasteiger partial charge is 0.459 e. The maximum Gasteiger partial charge on any atom is 0.310 e. The quantitative estimate of drug-likeness (QED) is 0.814. The lowest BCUT2D eigenvalue weighted by Gasteiger charge is -2.38. The van der Waals surface area contributed by atoms with E-state index in [1.807, 2.05) is 6.07 Å². The van der Waals surface area contributed by atoms with Gasteiger partial charge in [-0.05, 0) is 37.3 Å². The first-order valence-electron chi connectivity index (χ1n) is 8.00. The molecule has 0 unspecified atom stereocenters. The summed E-state index contributed by atoms with van der Waals surface area (Å²) in [6, 6.07) is 8.48. The molecule has 0 saturated heterocycles. The van der Waals surface area contributed by atoms with Gasteiger partial charge in [0.05, 0.1) is 5.56 Å². The van der Waals surface area contributed by atoms with Gasteiger partial charge in [0, 0.05) is 22.5 Å². The van der Waals surface area contributed by atoms with Crippen LogP contribution in [0, 0.1) is 11.3 Å². The zero-order valence-corrected chi connectivity index (χ0v) is 15.3. The van der Waals surface area contributed by atoms with Crippen LogP contribution in [0.5, 0.6) is 0 Å². The van der Waals surface area contributed by atoms with Crippen LogP contribution >= 0.6 is 11.6 Å². The molecule has 28 heavy (non-hydrogen) atoms. The molecule has 144 valence electrons. The topological polar surface area (TPSA) is 113 Å². The second-order valence-corrected chi connectivity index (χ2v) is 6.62. The molecule has 0 spiro atoms. The molecule has 3 N–H and O–H groups in total. The number of nitrogens with two attached hydrogens (primary N) is 1. The highest BCUT2D eigenvalue weighted by atomic mass is 35.5. The molecule has 2 heterocycles. The van der Waals surface area contributed by atoms with E-state index in [1.54, 1.807) is 0 Å². The van der Waals surface area contributed by atoms with Crippen molar-refractivity contribution in [1.29, 1.82) is 5.26 Å². The van der Waals surface area contributed by atoms with Gasteiger partial charge in [-0.3, -0.25) is 4.79 Å². The molecule has 0 aliphatic carbocycles. The number of rotatable bonds is 3. The molecule has 1 atom stereocenters. The van der Waals surface area contributed by atoms with Crippen LogP contribution in [0.25, 0.3) is 0 Å². The molecule has 7 nitrogen and oxygen atoms in total. The summed E-state index contributed by atoms with van der Waals surface area (Å²) in [7, 11) is 0. The average Bonchev–Trinajstić information content (AvgIpc) is 2.66. The molecule has 1 aromatic carbocycles. The maximum absolute atomic E-state index is 14.6. The number of benzene rings is 1. The summed E-state index contributed by atoms with van der Waals surface area (Å²) in [6.07, 6.45) is 1.25. The van der Waals surface area contributed by atoms with Gasteiger partial charge in [-0.25, -0.2) is 9.98 Å². The predicted molar refractivity (Wildman–Crippen MR) is 98.2 cm³/mol. The van der Waals surface area contributed by atoms with Crippen molar-refractivity contribution in [1.82, 2.24) is 4.98 Å². The zero-order valence-electron chi connectivity index (χ0n) is 14.5. The number of halogens is 3. The molecular formula is C18H14ClF2N5O2.